The summed E-state index contributed by atoms with van der Waals surface area (Å²) in [6.07, 6.45) is 0.789. The predicted molar refractivity (Wildman–Crippen MR) is 90.5 cm³/mol. The van der Waals surface area contributed by atoms with Crippen molar-refractivity contribution < 1.29 is 13.9 Å². The van der Waals surface area contributed by atoms with Crippen LogP contribution < -0.4 is 11.1 Å². The monoisotopic (exact) mass is 344 g/mol. The highest BCUT2D eigenvalue weighted by Crippen LogP contribution is 2.30. The second kappa shape index (κ2) is 5.92. The largest absolute Gasteiger partial charge is 0.419 e. The molecular formula is C17H16N2O4S. The standard InChI is InChI=1S/C17H16N2O4S/c1-19-12-4-2-3-11(15(12)23-17(19)21)16(20)18-9-13-10-6-8-24-14(10)5-7-22-13/h2-4,6,8,13H,5,7,9H2,1H3,(H,18,20)/t13-/m0/s1. The first-order valence-electron chi connectivity index (χ1n) is 7.70. The number of nitrogens with zero attached hydrogens (tertiary/aromatic N) is 1. The van der Waals surface area contributed by atoms with E-state index in [1.807, 2.05) is 11.4 Å². The van der Waals surface area contributed by atoms with Gasteiger partial charge in [-0.05, 0) is 29.1 Å². The van der Waals surface area contributed by atoms with E-state index in [4.69, 9.17) is 9.15 Å². The van der Waals surface area contributed by atoms with Gasteiger partial charge >= 0.3 is 5.76 Å². The van der Waals surface area contributed by atoms with Crippen molar-refractivity contribution in [1.82, 2.24) is 9.88 Å². The number of rotatable bonds is 3. The Bertz CT molecular complexity index is 969. The van der Waals surface area contributed by atoms with Gasteiger partial charge in [0, 0.05) is 24.9 Å². The van der Waals surface area contributed by atoms with Crippen molar-refractivity contribution in [3.05, 3.63) is 56.2 Å². The highest BCUT2D eigenvalue weighted by molar-refractivity contribution is 7.10. The SMILES string of the molecule is Cn1c(=O)oc2c(C(=O)NC[C@@H]3OCCc4sccc43)cccc21. The Morgan fingerprint density at radius 1 is 1.42 bits per heavy atom. The van der Waals surface area contributed by atoms with E-state index in [0.29, 0.717) is 29.8 Å². The zero-order valence-corrected chi connectivity index (χ0v) is 13.9. The molecule has 4 rings (SSSR count). The summed E-state index contributed by atoms with van der Waals surface area (Å²) in [4.78, 5) is 25.5. The number of hydrogen-bond acceptors (Lipinski definition) is 5. The summed E-state index contributed by atoms with van der Waals surface area (Å²) in [7, 11) is 1.61. The molecule has 1 aliphatic rings. The molecule has 7 heteroatoms. The first kappa shape index (κ1) is 15.2. The molecule has 1 amide bonds. The first-order chi connectivity index (χ1) is 11.6. The summed E-state index contributed by atoms with van der Waals surface area (Å²) in [5.41, 5.74) is 2.41. The molecule has 3 heterocycles. The van der Waals surface area contributed by atoms with E-state index < -0.39 is 5.76 Å². The zero-order chi connectivity index (χ0) is 16.7. The van der Waals surface area contributed by atoms with Crippen molar-refractivity contribution in [1.29, 1.82) is 0 Å². The molecule has 0 saturated heterocycles. The fraction of sp³-hybridized carbons (Fsp3) is 0.294. The highest BCUT2D eigenvalue weighted by Gasteiger charge is 2.23. The van der Waals surface area contributed by atoms with Gasteiger partial charge in [0.25, 0.3) is 5.91 Å². The number of carbonyl (C=O) groups excluding carboxylic acids is 1. The van der Waals surface area contributed by atoms with Crippen molar-refractivity contribution in [2.24, 2.45) is 7.05 Å². The topological polar surface area (TPSA) is 73.5 Å². The number of aromatic nitrogens is 1. The van der Waals surface area contributed by atoms with E-state index in [1.54, 1.807) is 36.6 Å². The van der Waals surface area contributed by atoms with Crippen molar-refractivity contribution >= 4 is 28.3 Å². The van der Waals surface area contributed by atoms with Crippen LogP contribution in [0.3, 0.4) is 0 Å². The Morgan fingerprint density at radius 3 is 3.17 bits per heavy atom. The Kier molecular flexibility index (Phi) is 3.74. The molecular weight excluding hydrogens is 328 g/mol. The minimum Gasteiger partial charge on any atom is -0.407 e. The molecule has 1 aromatic carbocycles. The Labute approximate surface area is 141 Å². The number of aryl methyl sites for hydroxylation is 1. The van der Waals surface area contributed by atoms with Crippen molar-refractivity contribution in [2.45, 2.75) is 12.5 Å². The van der Waals surface area contributed by atoms with E-state index in [-0.39, 0.29) is 12.0 Å². The Balaban J connectivity index is 1.56. The lowest BCUT2D eigenvalue weighted by molar-refractivity contribution is 0.0423. The lowest BCUT2D eigenvalue weighted by Gasteiger charge is -2.23. The number of fused-ring (bicyclic) bond motifs is 2. The van der Waals surface area contributed by atoms with Gasteiger partial charge in [0.05, 0.1) is 17.7 Å². The molecule has 6 nitrogen and oxygen atoms in total. The van der Waals surface area contributed by atoms with E-state index >= 15 is 0 Å². The molecule has 0 fully saturated rings. The van der Waals surface area contributed by atoms with Crippen molar-refractivity contribution in [2.75, 3.05) is 13.2 Å². The molecule has 3 aromatic rings. The number of oxazole rings is 1. The Hall–Kier alpha value is -2.38. The second-order valence-electron chi connectivity index (χ2n) is 5.70. The smallest absolute Gasteiger partial charge is 0.407 e. The first-order valence-corrected chi connectivity index (χ1v) is 8.57. The lowest BCUT2D eigenvalue weighted by Crippen LogP contribution is -2.31. The third-order valence-corrected chi connectivity index (χ3v) is 5.28. The fourth-order valence-corrected chi connectivity index (χ4v) is 3.92. The van der Waals surface area contributed by atoms with E-state index in [2.05, 4.69) is 5.32 Å². The highest BCUT2D eigenvalue weighted by atomic mass is 32.1. The summed E-state index contributed by atoms with van der Waals surface area (Å²) in [6.45, 7) is 1.05. The number of amides is 1. The number of hydrogen-bond donors (Lipinski definition) is 1. The van der Waals surface area contributed by atoms with Gasteiger partial charge in [-0.2, -0.15) is 0 Å². The van der Waals surface area contributed by atoms with Gasteiger partial charge in [-0.3, -0.25) is 9.36 Å². The maximum atomic E-state index is 12.5. The fourth-order valence-electron chi connectivity index (χ4n) is 3.00. The van der Waals surface area contributed by atoms with Gasteiger partial charge in [0.15, 0.2) is 5.58 Å². The summed E-state index contributed by atoms with van der Waals surface area (Å²) in [5, 5.41) is 4.94. The van der Waals surface area contributed by atoms with Crippen LogP contribution in [-0.4, -0.2) is 23.6 Å². The van der Waals surface area contributed by atoms with Crippen LogP contribution in [0.5, 0.6) is 0 Å². The molecule has 0 spiro atoms. The molecule has 2 aromatic heterocycles. The average molecular weight is 344 g/mol. The zero-order valence-electron chi connectivity index (χ0n) is 13.1. The van der Waals surface area contributed by atoms with Crippen LogP contribution in [0.15, 0.2) is 38.9 Å². The molecule has 24 heavy (non-hydrogen) atoms. The molecule has 0 bridgehead atoms. The minimum absolute atomic E-state index is 0.133. The third kappa shape index (κ3) is 2.46. The maximum Gasteiger partial charge on any atom is 0.419 e. The number of carbonyl (C=O) groups is 1. The maximum absolute atomic E-state index is 12.5. The normalized spacial score (nSPS) is 17.0. The van der Waals surface area contributed by atoms with E-state index in [0.717, 1.165) is 12.0 Å². The van der Waals surface area contributed by atoms with Gasteiger partial charge in [-0.1, -0.05) is 6.07 Å². The molecule has 0 saturated carbocycles. The van der Waals surface area contributed by atoms with E-state index in [1.165, 1.54) is 9.44 Å². The van der Waals surface area contributed by atoms with Gasteiger partial charge in [0.2, 0.25) is 0 Å². The number of benzene rings is 1. The quantitative estimate of drug-likeness (QED) is 0.791. The van der Waals surface area contributed by atoms with Crippen molar-refractivity contribution in [3.8, 4) is 0 Å². The van der Waals surface area contributed by atoms with Crippen LogP contribution in [0.4, 0.5) is 0 Å². The van der Waals surface area contributed by atoms with Gasteiger partial charge in [0.1, 0.15) is 6.10 Å². The van der Waals surface area contributed by atoms with Gasteiger partial charge < -0.3 is 14.5 Å². The summed E-state index contributed by atoms with van der Waals surface area (Å²) < 4.78 is 12.4. The molecule has 0 aliphatic carbocycles. The molecule has 124 valence electrons. The van der Waals surface area contributed by atoms with Crippen LogP contribution in [0, 0.1) is 0 Å². The number of ether oxygens (including phenoxy) is 1. The Morgan fingerprint density at radius 2 is 2.29 bits per heavy atom. The summed E-state index contributed by atoms with van der Waals surface area (Å²) in [6, 6.07) is 7.19. The van der Waals surface area contributed by atoms with Crippen LogP contribution >= 0.6 is 11.3 Å². The van der Waals surface area contributed by atoms with Crippen LogP contribution in [0.25, 0.3) is 11.1 Å². The minimum atomic E-state index is -0.483. The average Bonchev–Trinajstić information content (AvgIpc) is 3.18. The van der Waals surface area contributed by atoms with Crippen LogP contribution in [0.1, 0.15) is 26.9 Å². The van der Waals surface area contributed by atoms with E-state index in [9.17, 15) is 9.59 Å². The third-order valence-electron chi connectivity index (χ3n) is 4.29. The predicted octanol–water partition coefficient (Wildman–Crippen LogP) is 2.24. The molecule has 0 unspecified atom stereocenters. The lowest BCUT2D eigenvalue weighted by atomic mass is 10.1. The van der Waals surface area contributed by atoms with Crippen LogP contribution in [-0.2, 0) is 18.2 Å². The molecule has 1 atom stereocenters. The number of nitrogens with one attached hydrogen (secondary N) is 1. The summed E-state index contributed by atoms with van der Waals surface area (Å²) >= 11 is 1.72. The summed E-state index contributed by atoms with van der Waals surface area (Å²) in [5.74, 6) is -0.760. The second-order valence-corrected chi connectivity index (χ2v) is 6.70. The molecule has 1 N–H and O–H groups in total. The van der Waals surface area contributed by atoms with Crippen LogP contribution in [0.2, 0.25) is 0 Å². The van der Waals surface area contributed by atoms with Crippen molar-refractivity contribution in [3.63, 3.8) is 0 Å². The van der Waals surface area contributed by atoms with Gasteiger partial charge in [-0.15, -0.1) is 11.3 Å². The molecule has 1 aliphatic heterocycles. The number of thiophene rings is 1. The van der Waals surface area contributed by atoms with Gasteiger partial charge in [-0.25, -0.2) is 4.79 Å². The molecule has 0 radical (unpaired) electrons. The number of para-hydroxylation sites is 1.